The molecule has 2 rings (SSSR count). The molecule has 0 radical (unpaired) electrons. The first-order valence-corrected chi connectivity index (χ1v) is 5.39. The van der Waals surface area contributed by atoms with Gasteiger partial charge in [0.25, 0.3) is 5.56 Å². The number of ether oxygens (including phenoxy) is 1. The first-order chi connectivity index (χ1) is 7.68. The zero-order valence-corrected chi connectivity index (χ0v) is 9.19. The molecule has 0 aliphatic carbocycles. The number of hydrogen-bond acceptors (Lipinski definition) is 5. The minimum atomic E-state index is -0.360. The van der Waals surface area contributed by atoms with Gasteiger partial charge in [-0.15, -0.1) is 0 Å². The molecule has 2 atom stereocenters. The molecule has 4 N–H and O–H groups in total. The molecule has 6 nitrogen and oxygen atoms in total. The van der Waals surface area contributed by atoms with E-state index in [0.29, 0.717) is 5.92 Å². The highest BCUT2D eigenvalue weighted by Crippen LogP contribution is 2.20. The Labute approximate surface area is 93.2 Å². The Kier molecular flexibility index (Phi) is 3.09. The zero-order chi connectivity index (χ0) is 11.5. The summed E-state index contributed by atoms with van der Waals surface area (Å²) >= 11 is 0. The standard InChI is InChI=1S/C10H16N4O2/c1-6-2-3-12-4-7(6)16-10-8(11)9(15)13-5-14-10/h5-7,12H,2-4,11H2,1H3,(H,13,14,15). The number of piperidine rings is 1. The van der Waals surface area contributed by atoms with Crippen LogP contribution in [0.5, 0.6) is 5.88 Å². The zero-order valence-electron chi connectivity index (χ0n) is 9.19. The quantitative estimate of drug-likeness (QED) is 0.643. The molecular weight excluding hydrogens is 208 g/mol. The Morgan fingerprint density at radius 1 is 1.62 bits per heavy atom. The molecule has 1 aliphatic rings. The number of hydrogen-bond donors (Lipinski definition) is 3. The van der Waals surface area contributed by atoms with Gasteiger partial charge < -0.3 is 20.8 Å². The van der Waals surface area contributed by atoms with Crippen LogP contribution < -0.4 is 21.3 Å². The second kappa shape index (κ2) is 4.52. The van der Waals surface area contributed by atoms with Gasteiger partial charge in [0.05, 0.1) is 6.33 Å². The number of rotatable bonds is 2. The van der Waals surface area contributed by atoms with Crippen LogP contribution >= 0.6 is 0 Å². The molecule has 1 fully saturated rings. The topological polar surface area (TPSA) is 93.0 Å². The maximum Gasteiger partial charge on any atom is 0.277 e. The van der Waals surface area contributed by atoms with Gasteiger partial charge in [-0.1, -0.05) is 6.92 Å². The van der Waals surface area contributed by atoms with Gasteiger partial charge in [0.2, 0.25) is 5.88 Å². The van der Waals surface area contributed by atoms with Crippen LogP contribution in [0.4, 0.5) is 5.69 Å². The van der Waals surface area contributed by atoms with Crippen LogP contribution in [-0.4, -0.2) is 29.2 Å². The van der Waals surface area contributed by atoms with Crippen molar-refractivity contribution in [2.45, 2.75) is 19.4 Å². The fraction of sp³-hybridized carbons (Fsp3) is 0.600. The number of aromatic nitrogens is 2. The molecule has 2 unspecified atom stereocenters. The van der Waals surface area contributed by atoms with Crippen LogP contribution in [0.25, 0.3) is 0 Å². The van der Waals surface area contributed by atoms with Crippen molar-refractivity contribution in [2.75, 3.05) is 18.8 Å². The van der Waals surface area contributed by atoms with Crippen LogP contribution in [0.1, 0.15) is 13.3 Å². The molecule has 6 heteroatoms. The highest BCUT2D eigenvalue weighted by atomic mass is 16.5. The molecule has 88 valence electrons. The summed E-state index contributed by atoms with van der Waals surface area (Å²) in [6, 6.07) is 0. The lowest BCUT2D eigenvalue weighted by Gasteiger charge is -2.29. The van der Waals surface area contributed by atoms with Crippen molar-refractivity contribution in [2.24, 2.45) is 5.92 Å². The molecule has 1 aliphatic heterocycles. The minimum absolute atomic E-state index is 0.0188. The molecule has 0 spiro atoms. The molecule has 0 amide bonds. The number of nitrogen functional groups attached to an aromatic ring is 1. The summed E-state index contributed by atoms with van der Waals surface area (Å²) in [5, 5.41) is 3.24. The average molecular weight is 224 g/mol. The summed E-state index contributed by atoms with van der Waals surface area (Å²) in [6.45, 7) is 3.88. The lowest BCUT2D eigenvalue weighted by Crippen LogP contribution is -2.43. The Morgan fingerprint density at radius 3 is 3.19 bits per heavy atom. The molecule has 16 heavy (non-hydrogen) atoms. The molecule has 1 saturated heterocycles. The molecule has 0 bridgehead atoms. The van der Waals surface area contributed by atoms with E-state index in [1.807, 2.05) is 0 Å². The fourth-order valence-electron chi connectivity index (χ4n) is 1.75. The number of nitrogens with zero attached hydrogens (tertiary/aromatic N) is 1. The van der Waals surface area contributed by atoms with Crippen molar-refractivity contribution < 1.29 is 4.74 Å². The van der Waals surface area contributed by atoms with E-state index in [-0.39, 0.29) is 23.2 Å². The van der Waals surface area contributed by atoms with Gasteiger partial charge in [-0.05, 0) is 18.9 Å². The first-order valence-electron chi connectivity index (χ1n) is 5.39. The van der Waals surface area contributed by atoms with Crippen LogP contribution in [0.15, 0.2) is 11.1 Å². The van der Waals surface area contributed by atoms with Crippen molar-refractivity contribution in [1.29, 1.82) is 0 Å². The van der Waals surface area contributed by atoms with Gasteiger partial charge >= 0.3 is 0 Å². The lowest BCUT2D eigenvalue weighted by atomic mass is 9.97. The van der Waals surface area contributed by atoms with Crippen molar-refractivity contribution in [3.05, 3.63) is 16.7 Å². The van der Waals surface area contributed by atoms with E-state index >= 15 is 0 Å². The van der Waals surface area contributed by atoms with Crippen molar-refractivity contribution in [3.8, 4) is 5.88 Å². The summed E-state index contributed by atoms with van der Waals surface area (Å²) in [7, 11) is 0. The van der Waals surface area contributed by atoms with E-state index < -0.39 is 0 Å². The van der Waals surface area contributed by atoms with Crippen LogP contribution in [0.3, 0.4) is 0 Å². The maximum absolute atomic E-state index is 11.2. The van der Waals surface area contributed by atoms with E-state index in [9.17, 15) is 4.79 Å². The van der Waals surface area contributed by atoms with Crippen LogP contribution in [-0.2, 0) is 0 Å². The van der Waals surface area contributed by atoms with E-state index in [1.54, 1.807) is 0 Å². The molecule has 0 aromatic carbocycles. The Bertz CT molecular complexity index is 418. The third-order valence-corrected chi connectivity index (χ3v) is 2.87. The van der Waals surface area contributed by atoms with Gasteiger partial charge in [-0.3, -0.25) is 4.79 Å². The van der Waals surface area contributed by atoms with E-state index in [1.165, 1.54) is 6.33 Å². The fourth-order valence-corrected chi connectivity index (χ4v) is 1.75. The summed E-state index contributed by atoms with van der Waals surface area (Å²) in [6.07, 6.45) is 2.37. The summed E-state index contributed by atoms with van der Waals surface area (Å²) in [5.41, 5.74) is 5.28. The highest BCUT2D eigenvalue weighted by molar-refractivity contribution is 5.44. The largest absolute Gasteiger partial charge is 0.471 e. The SMILES string of the molecule is CC1CCNCC1Oc1nc[nH]c(=O)c1N. The van der Waals surface area contributed by atoms with Crippen LogP contribution in [0.2, 0.25) is 0 Å². The molecule has 2 heterocycles. The Morgan fingerprint density at radius 2 is 2.44 bits per heavy atom. The lowest BCUT2D eigenvalue weighted by molar-refractivity contribution is 0.110. The predicted octanol–water partition coefficient (Wildman–Crippen LogP) is -0.271. The summed E-state index contributed by atoms with van der Waals surface area (Å²) in [5.74, 6) is 0.658. The maximum atomic E-state index is 11.2. The monoisotopic (exact) mass is 224 g/mol. The number of nitrogens with one attached hydrogen (secondary N) is 2. The third kappa shape index (κ3) is 2.16. The molecule has 1 aromatic rings. The van der Waals surface area contributed by atoms with Crippen LogP contribution in [0, 0.1) is 5.92 Å². The van der Waals surface area contributed by atoms with Crippen molar-refractivity contribution >= 4 is 5.69 Å². The third-order valence-electron chi connectivity index (χ3n) is 2.87. The van der Waals surface area contributed by atoms with Gasteiger partial charge in [-0.25, -0.2) is 4.98 Å². The Hall–Kier alpha value is -1.56. The highest BCUT2D eigenvalue weighted by Gasteiger charge is 2.24. The second-order valence-corrected chi connectivity index (χ2v) is 4.08. The van der Waals surface area contributed by atoms with Gasteiger partial charge in [0.1, 0.15) is 6.10 Å². The predicted molar refractivity (Wildman–Crippen MR) is 60.3 cm³/mol. The van der Waals surface area contributed by atoms with Gasteiger partial charge in [0.15, 0.2) is 5.69 Å². The molecule has 0 saturated carbocycles. The van der Waals surface area contributed by atoms with E-state index in [4.69, 9.17) is 10.5 Å². The Balaban J connectivity index is 2.14. The minimum Gasteiger partial charge on any atom is -0.471 e. The number of H-pyrrole nitrogens is 1. The molecular formula is C10H16N4O2. The smallest absolute Gasteiger partial charge is 0.277 e. The second-order valence-electron chi connectivity index (χ2n) is 4.08. The van der Waals surface area contributed by atoms with E-state index in [2.05, 4.69) is 22.2 Å². The normalized spacial score (nSPS) is 25.3. The van der Waals surface area contributed by atoms with Gasteiger partial charge in [0, 0.05) is 6.54 Å². The first kappa shape index (κ1) is 10.9. The van der Waals surface area contributed by atoms with Gasteiger partial charge in [-0.2, -0.15) is 0 Å². The summed E-state index contributed by atoms with van der Waals surface area (Å²) in [4.78, 5) is 17.6. The average Bonchev–Trinajstić information content (AvgIpc) is 2.28. The number of anilines is 1. The van der Waals surface area contributed by atoms with Crippen molar-refractivity contribution in [3.63, 3.8) is 0 Å². The van der Waals surface area contributed by atoms with E-state index in [0.717, 1.165) is 19.5 Å². The number of aromatic amines is 1. The molecule has 1 aromatic heterocycles. The van der Waals surface area contributed by atoms with Crippen molar-refractivity contribution in [1.82, 2.24) is 15.3 Å². The number of nitrogens with two attached hydrogens (primary N) is 1. The summed E-state index contributed by atoms with van der Waals surface area (Å²) < 4.78 is 5.66.